The lowest BCUT2D eigenvalue weighted by Gasteiger charge is -2.12. The van der Waals surface area contributed by atoms with Crippen LogP contribution >= 0.6 is 12.4 Å². The van der Waals surface area contributed by atoms with Gasteiger partial charge in [-0.1, -0.05) is 39.0 Å². The number of hydrogen-bond donors (Lipinski definition) is 2. The number of nitrogens with one attached hydrogen (secondary N) is 2. The van der Waals surface area contributed by atoms with Gasteiger partial charge in [0.15, 0.2) is 0 Å². The zero-order valence-corrected chi connectivity index (χ0v) is 12.6. The van der Waals surface area contributed by atoms with Crippen LogP contribution in [0.1, 0.15) is 32.8 Å². The van der Waals surface area contributed by atoms with Crippen molar-refractivity contribution >= 4 is 24.0 Å². The van der Waals surface area contributed by atoms with Crippen LogP contribution in [0.5, 0.6) is 0 Å². The minimum absolute atomic E-state index is 0. The molecular weight excluding hydrogens is 260 g/mol. The number of anilines is 1. The summed E-state index contributed by atoms with van der Waals surface area (Å²) in [4.78, 5) is 12.1. The molecule has 1 saturated carbocycles. The smallest absolute Gasteiger partial charge is 0.228 e. The van der Waals surface area contributed by atoms with Crippen molar-refractivity contribution in [2.24, 2.45) is 11.3 Å². The van der Waals surface area contributed by atoms with Crippen molar-refractivity contribution in [3.05, 3.63) is 29.8 Å². The Balaban J connectivity index is 0.00000180. The molecule has 1 unspecified atom stereocenters. The Morgan fingerprint density at radius 2 is 2.00 bits per heavy atom. The SMILES string of the molecule is CCNCc1ccccc1NC(=O)C1CC1(C)C.Cl. The van der Waals surface area contributed by atoms with Crippen molar-refractivity contribution in [3.8, 4) is 0 Å². The van der Waals surface area contributed by atoms with E-state index >= 15 is 0 Å². The minimum Gasteiger partial charge on any atom is -0.326 e. The zero-order valence-electron chi connectivity index (χ0n) is 11.8. The summed E-state index contributed by atoms with van der Waals surface area (Å²) >= 11 is 0. The van der Waals surface area contributed by atoms with E-state index in [9.17, 15) is 4.79 Å². The van der Waals surface area contributed by atoms with Crippen LogP contribution in [0.2, 0.25) is 0 Å². The Hall–Kier alpha value is -1.06. The first-order chi connectivity index (χ1) is 8.54. The Bertz CT molecular complexity index is 446. The Labute approximate surface area is 121 Å². The number of halogens is 1. The minimum atomic E-state index is 0. The maximum Gasteiger partial charge on any atom is 0.228 e. The van der Waals surface area contributed by atoms with E-state index in [1.165, 1.54) is 0 Å². The van der Waals surface area contributed by atoms with Gasteiger partial charge >= 0.3 is 0 Å². The molecule has 0 saturated heterocycles. The van der Waals surface area contributed by atoms with Gasteiger partial charge in [-0.2, -0.15) is 0 Å². The van der Waals surface area contributed by atoms with E-state index < -0.39 is 0 Å². The molecule has 3 nitrogen and oxygen atoms in total. The van der Waals surface area contributed by atoms with Crippen LogP contribution < -0.4 is 10.6 Å². The number of hydrogen-bond acceptors (Lipinski definition) is 2. The highest BCUT2D eigenvalue weighted by Gasteiger charge is 2.50. The molecule has 2 N–H and O–H groups in total. The van der Waals surface area contributed by atoms with Crippen molar-refractivity contribution in [2.75, 3.05) is 11.9 Å². The summed E-state index contributed by atoms with van der Waals surface area (Å²) in [5, 5.41) is 6.35. The predicted molar refractivity (Wildman–Crippen MR) is 81.6 cm³/mol. The van der Waals surface area contributed by atoms with Gasteiger partial charge in [0, 0.05) is 18.2 Å². The van der Waals surface area contributed by atoms with Crippen molar-refractivity contribution in [2.45, 2.75) is 33.7 Å². The van der Waals surface area contributed by atoms with Gasteiger partial charge in [-0.05, 0) is 30.0 Å². The lowest BCUT2D eigenvalue weighted by Crippen LogP contribution is -2.19. The fourth-order valence-corrected chi connectivity index (χ4v) is 2.19. The van der Waals surface area contributed by atoms with E-state index in [1.807, 2.05) is 18.2 Å². The average Bonchev–Trinajstić information content (AvgIpc) is 2.97. The Kier molecular flexibility index (Phi) is 5.39. The summed E-state index contributed by atoms with van der Waals surface area (Å²) in [5.74, 6) is 0.327. The van der Waals surface area contributed by atoms with Gasteiger partial charge in [0.05, 0.1) is 0 Å². The maximum atomic E-state index is 12.1. The molecule has 0 spiro atoms. The normalized spacial score (nSPS) is 19.4. The number of carbonyl (C=O) groups is 1. The first-order valence-electron chi connectivity index (χ1n) is 6.64. The van der Waals surface area contributed by atoms with Crippen LogP contribution in [0.3, 0.4) is 0 Å². The topological polar surface area (TPSA) is 41.1 Å². The number of amides is 1. The predicted octanol–water partition coefficient (Wildman–Crippen LogP) is 3.20. The van der Waals surface area contributed by atoms with E-state index in [4.69, 9.17) is 0 Å². The lowest BCUT2D eigenvalue weighted by atomic mass is 10.1. The summed E-state index contributed by atoms with van der Waals surface area (Å²) in [6, 6.07) is 7.99. The first-order valence-corrected chi connectivity index (χ1v) is 6.64. The van der Waals surface area contributed by atoms with Gasteiger partial charge in [0.1, 0.15) is 0 Å². The summed E-state index contributed by atoms with van der Waals surface area (Å²) in [5.41, 5.74) is 2.26. The number of carbonyl (C=O) groups excluding carboxylic acids is 1. The average molecular weight is 283 g/mol. The molecule has 1 fully saturated rings. The molecule has 0 bridgehead atoms. The second-order valence-electron chi connectivity index (χ2n) is 5.67. The van der Waals surface area contributed by atoms with Gasteiger partial charge < -0.3 is 10.6 Å². The summed E-state index contributed by atoms with van der Waals surface area (Å²) < 4.78 is 0. The van der Waals surface area contributed by atoms with Crippen molar-refractivity contribution in [1.29, 1.82) is 0 Å². The molecule has 0 aliphatic heterocycles. The fourth-order valence-electron chi connectivity index (χ4n) is 2.19. The number of benzene rings is 1. The van der Waals surface area contributed by atoms with Crippen LogP contribution in [0, 0.1) is 11.3 Å². The Morgan fingerprint density at radius 3 is 2.58 bits per heavy atom. The molecule has 0 radical (unpaired) electrons. The van der Waals surface area contributed by atoms with Crippen LogP contribution in [0.15, 0.2) is 24.3 Å². The third-order valence-electron chi connectivity index (χ3n) is 3.67. The standard InChI is InChI=1S/C15H22N2O.ClH/c1-4-16-10-11-7-5-6-8-13(11)17-14(18)12-9-15(12,2)3;/h5-8,12,16H,4,9-10H2,1-3H3,(H,17,18);1H. The third kappa shape index (κ3) is 3.95. The molecule has 1 aromatic rings. The zero-order chi connectivity index (χ0) is 13.2. The van der Waals surface area contributed by atoms with Crippen molar-refractivity contribution in [1.82, 2.24) is 5.32 Å². The van der Waals surface area contributed by atoms with Crippen LogP contribution in [-0.2, 0) is 11.3 Å². The quantitative estimate of drug-likeness (QED) is 0.871. The molecule has 1 aromatic carbocycles. The summed E-state index contributed by atoms with van der Waals surface area (Å²) in [6.07, 6.45) is 0.994. The van der Waals surface area contributed by atoms with Crippen LogP contribution in [-0.4, -0.2) is 12.5 Å². The highest BCUT2D eigenvalue weighted by molar-refractivity contribution is 5.95. The molecule has 1 aliphatic carbocycles. The first kappa shape index (κ1) is 16.0. The highest BCUT2D eigenvalue weighted by atomic mass is 35.5. The molecule has 4 heteroatoms. The molecule has 1 amide bonds. The van der Waals surface area contributed by atoms with E-state index in [0.717, 1.165) is 30.8 Å². The van der Waals surface area contributed by atoms with Crippen LogP contribution in [0.4, 0.5) is 5.69 Å². The second kappa shape index (κ2) is 6.40. The Morgan fingerprint density at radius 1 is 1.37 bits per heavy atom. The molecule has 19 heavy (non-hydrogen) atoms. The van der Waals surface area contributed by atoms with Gasteiger partial charge in [-0.15, -0.1) is 12.4 Å². The molecule has 106 valence electrons. The summed E-state index contributed by atoms with van der Waals surface area (Å²) in [6.45, 7) is 8.08. The van der Waals surface area contributed by atoms with Crippen LogP contribution in [0.25, 0.3) is 0 Å². The van der Waals surface area contributed by atoms with Crippen molar-refractivity contribution in [3.63, 3.8) is 0 Å². The van der Waals surface area contributed by atoms with Gasteiger partial charge in [-0.25, -0.2) is 0 Å². The molecule has 0 heterocycles. The highest BCUT2D eigenvalue weighted by Crippen LogP contribution is 2.52. The maximum absolute atomic E-state index is 12.1. The van der Waals surface area contributed by atoms with Crippen molar-refractivity contribution < 1.29 is 4.79 Å². The van der Waals surface area contributed by atoms with E-state index in [-0.39, 0.29) is 29.6 Å². The van der Waals surface area contributed by atoms with E-state index in [1.54, 1.807) is 0 Å². The third-order valence-corrected chi connectivity index (χ3v) is 3.67. The molecular formula is C15H23ClN2O. The molecule has 1 aliphatic rings. The van der Waals surface area contributed by atoms with Gasteiger partial charge in [0.2, 0.25) is 5.91 Å². The largest absolute Gasteiger partial charge is 0.326 e. The second-order valence-corrected chi connectivity index (χ2v) is 5.67. The summed E-state index contributed by atoms with van der Waals surface area (Å²) in [7, 11) is 0. The van der Waals surface area contributed by atoms with Gasteiger partial charge in [0.25, 0.3) is 0 Å². The lowest BCUT2D eigenvalue weighted by molar-refractivity contribution is -0.118. The fraction of sp³-hybridized carbons (Fsp3) is 0.533. The molecule has 0 aromatic heterocycles. The van der Waals surface area contributed by atoms with E-state index in [0.29, 0.717) is 0 Å². The monoisotopic (exact) mass is 282 g/mol. The van der Waals surface area contributed by atoms with Gasteiger partial charge in [-0.3, -0.25) is 4.79 Å². The molecule has 1 atom stereocenters. The number of para-hydroxylation sites is 1. The number of rotatable bonds is 5. The van der Waals surface area contributed by atoms with E-state index in [2.05, 4.69) is 37.5 Å². The molecule has 2 rings (SSSR count).